The third kappa shape index (κ3) is 4.38. The van der Waals surface area contributed by atoms with E-state index >= 15 is 0 Å². The smallest absolute Gasteiger partial charge is 0.336 e. The minimum absolute atomic E-state index is 0.157. The van der Waals surface area contributed by atoms with Gasteiger partial charge < -0.3 is 14.6 Å². The summed E-state index contributed by atoms with van der Waals surface area (Å²) in [6.45, 7) is 3.48. The molecule has 0 bridgehead atoms. The fourth-order valence-electron chi connectivity index (χ4n) is 3.51. The molecule has 9 heteroatoms. The molecule has 1 saturated heterocycles. The lowest BCUT2D eigenvalue weighted by Gasteiger charge is -2.09. The summed E-state index contributed by atoms with van der Waals surface area (Å²) in [6, 6.07) is 13.1. The first-order valence-corrected chi connectivity index (χ1v) is 11.0. The summed E-state index contributed by atoms with van der Waals surface area (Å²) in [7, 11) is 1.60. The van der Waals surface area contributed by atoms with E-state index in [1.165, 1.54) is 28.8 Å². The van der Waals surface area contributed by atoms with Crippen LogP contribution in [0.5, 0.6) is 0 Å². The number of hydrogen-bond donors (Lipinski definition) is 2. The first kappa shape index (κ1) is 23.1. The molecule has 0 saturated carbocycles. The molecule has 1 fully saturated rings. The van der Waals surface area contributed by atoms with Crippen LogP contribution in [0.3, 0.4) is 0 Å². The third-order valence-corrected chi connectivity index (χ3v) is 6.45. The lowest BCUT2D eigenvalue weighted by atomic mass is 10.0. The summed E-state index contributed by atoms with van der Waals surface area (Å²) in [5, 5.41) is 18.9. The molecular formula is C25H20N2O6S. The second kappa shape index (κ2) is 9.03. The number of aliphatic imine (C=N–C) groups is 1. The molecule has 4 rings (SSSR count). The summed E-state index contributed by atoms with van der Waals surface area (Å²) in [5.41, 5.74) is 2.86. The highest BCUT2D eigenvalue weighted by Crippen LogP contribution is 2.35. The van der Waals surface area contributed by atoms with E-state index in [0.29, 0.717) is 32.8 Å². The highest BCUT2D eigenvalue weighted by molar-refractivity contribution is 8.18. The number of aryl methyl sites for hydroxylation is 1. The number of carboxylic acids is 2. The maximum absolute atomic E-state index is 12.8. The molecule has 0 atom stereocenters. The van der Waals surface area contributed by atoms with E-state index in [-0.39, 0.29) is 17.0 Å². The van der Waals surface area contributed by atoms with E-state index in [4.69, 9.17) is 9.52 Å². The van der Waals surface area contributed by atoms with Crippen molar-refractivity contribution in [1.82, 2.24) is 4.90 Å². The van der Waals surface area contributed by atoms with E-state index in [1.807, 2.05) is 0 Å². The standard InChI is InChI=1S/C25H20N2O6S/c1-13-11-15(23(29)30)7-9-17(13)20-10-8-16(33-20)12-21-22(28)27(3)25(34-21)26-19-6-4-5-18(14(19)2)24(31)32/h4-12H,1-3H3,(H,29,30)(H,31,32)/b21-12-,26-25?. The molecule has 0 spiro atoms. The number of benzene rings is 2. The van der Waals surface area contributed by atoms with Gasteiger partial charge in [-0.25, -0.2) is 14.6 Å². The number of likely N-dealkylation sites (N-methyl/N-ethyl adjacent to an activating group) is 1. The molecule has 2 heterocycles. The van der Waals surface area contributed by atoms with Crippen LogP contribution in [0.2, 0.25) is 0 Å². The zero-order valence-corrected chi connectivity index (χ0v) is 19.3. The van der Waals surface area contributed by atoms with Crippen LogP contribution < -0.4 is 0 Å². The van der Waals surface area contributed by atoms with Crippen LogP contribution in [0.15, 0.2) is 62.8 Å². The number of rotatable bonds is 5. The Bertz CT molecular complexity index is 1400. The fourth-order valence-corrected chi connectivity index (χ4v) is 4.47. The van der Waals surface area contributed by atoms with E-state index in [1.54, 1.807) is 63.4 Å². The number of amides is 1. The Balaban J connectivity index is 1.61. The molecule has 2 N–H and O–H groups in total. The second-order valence-corrected chi connectivity index (χ2v) is 8.67. The average Bonchev–Trinajstić information content (AvgIpc) is 3.35. The molecule has 34 heavy (non-hydrogen) atoms. The van der Waals surface area contributed by atoms with E-state index in [0.717, 1.165) is 11.1 Å². The minimum Gasteiger partial charge on any atom is -0.478 e. The van der Waals surface area contributed by atoms with Crippen LogP contribution in [0, 0.1) is 13.8 Å². The first-order valence-electron chi connectivity index (χ1n) is 10.2. The highest BCUT2D eigenvalue weighted by atomic mass is 32.2. The molecule has 0 unspecified atom stereocenters. The predicted molar refractivity (Wildman–Crippen MR) is 129 cm³/mol. The minimum atomic E-state index is -1.04. The number of hydrogen-bond acceptors (Lipinski definition) is 6. The average molecular weight is 477 g/mol. The van der Waals surface area contributed by atoms with Crippen LogP contribution in [0.25, 0.3) is 17.4 Å². The molecule has 0 radical (unpaired) electrons. The second-order valence-electron chi connectivity index (χ2n) is 7.66. The first-order chi connectivity index (χ1) is 16.2. The number of carbonyl (C=O) groups is 3. The maximum atomic E-state index is 12.8. The fraction of sp³-hybridized carbons (Fsp3) is 0.120. The van der Waals surface area contributed by atoms with Crippen LogP contribution in [0.1, 0.15) is 37.6 Å². The Morgan fingerprint density at radius 3 is 2.50 bits per heavy atom. The van der Waals surface area contributed by atoms with Gasteiger partial charge in [0, 0.05) is 18.7 Å². The number of carbonyl (C=O) groups excluding carboxylic acids is 1. The predicted octanol–water partition coefficient (Wildman–Crippen LogP) is 5.19. The van der Waals surface area contributed by atoms with Gasteiger partial charge in [-0.05, 0) is 73.1 Å². The van der Waals surface area contributed by atoms with Crippen LogP contribution in [-0.2, 0) is 4.79 Å². The van der Waals surface area contributed by atoms with Crippen LogP contribution in [-0.4, -0.2) is 45.2 Å². The van der Waals surface area contributed by atoms with Crippen LogP contribution in [0.4, 0.5) is 5.69 Å². The number of carboxylic acid groups (broad SMARTS) is 2. The molecule has 2 aromatic carbocycles. The maximum Gasteiger partial charge on any atom is 0.336 e. The van der Waals surface area contributed by atoms with Gasteiger partial charge in [0.05, 0.1) is 21.7 Å². The SMILES string of the molecule is Cc1cc(C(=O)O)ccc1-c1ccc(/C=C2\SC(=Nc3cccc(C(=O)O)c3C)N(C)C2=O)o1. The van der Waals surface area contributed by atoms with E-state index in [9.17, 15) is 19.5 Å². The zero-order valence-electron chi connectivity index (χ0n) is 18.5. The topological polar surface area (TPSA) is 120 Å². The van der Waals surface area contributed by atoms with Gasteiger partial charge in [-0.3, -0.25) is 9.69 Å². The Labute approximate surface area is 199 Å². The number of thioether (sulfide) groups is 1. The van der Waals surface area contributed by atoms with Gasteiger partial charge in [0.1, 0.15) is 11.5 Å². The highest BCUT2D eigenvalue weighted by Gasteiger charge is 2.31. The summed E-state index contributed by atoms with van der Waals surface area (Å²) >= 11 is 1.17. The molecular weight excluding hydrogens is 456 g/mol. The van der Waals surface area contributed by atoms with Crippen molar-refractivity contribution in [3.63, 3.8) is 0 Å². The van der Waals surface area contributed by atoms with Crippen molar-refractivity contribution in [3.8, 4) is 11.3 Å². The lowest BCUT2D eigenvalue weighted by Crippen LogP contribution is -2.23. The summed E-state index contributed by atoms with van der Waals surface area (Å²) in [5.74, 6) is -1.27. The summed E-state index contributed by atoms with van der Waals surface area (Å²) < 4.78 is 5.90. The normalized spacial score (nSPS) is 16.0. The quantitative estimate of drug-likeness (QED) is 0.486. The molecule has 1 amide bonds. The van der Waals surface area contributed by atoms with Gasteiger partial charge in [0.2, 0.25) is 0 Å². The van der Waals surface area contributed by atoms with Crippen molar-refractivity contribution in [3.05, 3.63) is 81.5 Å². The van der Waals surface area contributed by atoms with Gasteiger partial charge in [0.25, 0.3) is 5.91 Å². The van der Waals surface area contributed by atoms with Gasteiger partial charge in [-0.1, -0.05) is 12.1 Å². The summed E-state index contributed by atoms with van der Waals surface area (Å²) in [6.07, 6.45) is 1.62. The molecule has 0 aliphatic carbocycles. The Hall–Kier alpha value is -4.11. The lowest BCUT2D eigenvalue weighted by molar-refractivity contribution is -0.121. The summed E-state index contributed by atoms with van der Waals surface area (Å²) in [4.78, 5) is 41.6. The van der Waals surface area contributed by atoms with Gasteiger partial charge in [0.15, 0.2) is 5.17 Å². The van der Waals surface area contributed by atoms with Gasteiger partial charge in [-0.15, -0.1) is 0 Å². The van der Waals surface area contributed by atoms with Crippen molar-refractivity contribution >= 4 is 46.5 Å². The van der Waals surface area contributed by atoms with Crippen molar-refractivity contribution in [2.75, 3.05) is 7.05 Å². The van der Waals surface area contributed by atoms with E-state index < -0.39 is 11.9 Å². The molecule has 1 aliphatic heterocycles. The Morgan fingerprint density at radius 1 is 1.06 bits per heavy atom. The van der Waals surface area contributed by atoms with Crippen LogP contribution >= 0.6 is 11.8 Å². The van der Waals surface area contributed by atoms with Crippen molar-refractivity contribution in [2.24, 2.45) is 4.99 Å². The van der Waals surface area contributed by atoms with Crippen molar-refractivity contribution < 1.29 is 29.0 Å². The Morgan fingerprint density at radius 2 is 1.82 bits per heavy atom. The number of amidine groups is 1. The molecule has 172 valence electrons. The van der Waals surface area contributed by atoms with Gasteiger partial charge >= 0.3 is 11.9 Å². The van der Waals surface area contributed by atoms with Gasteiger partial charge in [-0.2, -0.15) is 0 Å². The number of furan rings is 1. The third-order valence-electron chi connectivity index (χ3n) is 5.39. The molecule has 8 nitrogen and oxygen atoms in total. The Kier molecular flexibility index (Phi) is 6.12. The monoisotopic (exact) mass is 476 g/mol. The van der Waals surface area contributed by atoms with Crippen molar-refractivity contribution in [1.29, 1.82) is 0 Å². The molecule has 1 aromatic heterocycles. The largest absolute Gasteiger partial charge is 0.478 e. The van der Waals surface area contributed by atoms with E-state index in [2.05, 4.69) is 4.99 Å². The zero-order chi connectivity index (χ0) is 24.6. The molecule has 3 aromatic rings. The number of nitrogens with zero attached hydrogens (tertiary/aromatic N) is 2. The number of aromatic carboxylic acids is 2. The van der Waals surface area contributed by atoms with Crippen molar-refractivity contribution in [2.45, 2.75) is 13.8 Å². The molecule has 1 aliphatic rings.